The van der Waals surface area contributed by atoms with Crippen molar-refractivity contribution in [3.8, 4) is 0 Å². The molecule has 0 aliphatic heterocycles. The number of aryl methyl sites for hydroxylation is 1. The van der Waals surface area contributed by atoms with Gasteiger partial charge in [-0.3, -0.25) is 13.9 Å². The van der Waals surface area contributed by atoms with Gasteiger partial charge >= 0.3 is 0 Å². The van der Waals surface area contributed by atoms with Crippen molar-refractivity contribution in [2.75, 3.05) is 17.4 Å². The summed E-state index contributed by atoms with van der Waals surface area (Å²) >= 11 is 9.57. The highest BCUT2D eigenvalue weighted by molar-refractivity contribution is 9.10. The van der Waals surface area contributed by atoms with Crippen molar-refractivity contribution in [1.82, 2.24) is 10.2 Å². The molecule has 0 spiro atoms. The Morgan fingerprint density at radius 2 is 1.56 bits per heavy atom. The minimum absolute atomic E-state index is 0.000336. The molecule has 0 aliphatic carbocycles. The van der Waals surface area contributed by atoms with Gasteiger partial charge in [0.05, 0.1) is 10.6 Å². The first-order valence-corrected chi connectivity index (χ1v) is 17.4. The lowest BCUT2D eigenvalue weighted by atomic mass is 10.0. The number of nitrogens with one attached hydrogen (secondary N) is 1. The first kappa shape index (κ1) is 34.2. The van der Waals surface area contributed by atoms with Crippen molar-refractivity contribution < 1.29 is 18.0 Å². The molecular weight excluding hydrogens is 674 g/mol. The zero-order valence-electron chi connectivity index (χ0n) is 25.3. The summed E-state index contributed by atoms with van der Waals surface area (Å²) in [6.45, 7) is 3.89. The van der Waals surface area contributed by atoms with Crippen LogP contribution in [-0.2, 0) is 32.6 Å². The molecule has 0 unspecified atom stereocenters. The van der Waals surface area contributed by atoms with Crippen molar-refractivity contribution in [3.63, 3.8) is 0 Å². The van der Waals surface area contributed by atoms with Crippen LogP contribution in [0.3, 0.4) is 0 Å². The topological polar surface area (TPSA) is 86.8 Å². The molecule has 0 saturated carbocycles. The van der Waals surface area contributed by atoms with Gasteiger partial charge in [0.15, 0.2) is 0 Å². The fraction of sp³-hybridized carbons (Fsp3) is 0.257. The Labute approximate surface area is 279 Å². The summed E-state index contributed by atoms with van der Waals surface area (Å²) in [6.07, 6.45) is 1.95. The predicted molar refractivity (Wildman–Crippen MR) is 184 cm³/mol. The summed E-state index contributed by atoms with van der Waals surface area (Å²) in [5, 5.41) is 3.40. The number of carbonyl (C=O) groups is 2. The Bertz CT molecular complexity index is 1700. The maximum atomic E-state index is 14.5. The monoisotopic (exact) mass is 709 g/mol. The summed E-state index contributed by atoms with van der Waals surface area (Å²) in [5.74, 6) is -0.805. The van der Waals surface area contributed by atoms with Crippen LogP contribution in [0.5, 0.6) is 0 Å². The second-order valence-corrected chi connectivity index (χ2v) is 14.0. The van der Waals surface area contributed by atoms with Gasteiger partial charge < -0.3 is 10.2 Å². The molecule has 0 aromatic heterocycles. The number of hydrogen-bond acceptors (Lipinski definition) is 4. The van der Waals surface area contributed by atoms with Crippen LogP contribution in [0.15, 0.2) is 112 Å². The number of unbranched alkanes of at least 4 members (excludes halogenated alkanes) is 1. The Morgan fingerprint density at radius 1 is 0.889 bits per heavy atom. The number of hydrogen-bond donors (Lipinski definition) is 1. The Morgan fingerprint density at radius 3 is 2.22 bits per heavy atom. The summed E-state index contributed by atoms with van der Waals surface area (Å²) in [7, 11) is -4.20. The maximum Gasteiger partial charge on any atom is 0.264 e. The second kappa shape index (κ2) is 16.1. The van der Waals surface area contributed by atoms with Crippen molar-refractivity contribution >= 4 is 55.1 Å². The molecule has 0 bridgehead atoms. The first-order valence-electron chi connectivity index (χ1n) is 14.8. The number of rotatable bonds is 14. The highest BCUT2D eigenvalue weighted by Crippen LogP contribution is 2.28. The Hall–Kier alpha value is -3.66. The molecule has 1 N–H and O–H groups in total. The van der Waals surface area contributed by atoms with Crippen molar-refractivity contribution in [3.05, 3.63) is 129 Å². The van der Waals surface area contributed by atoms with Gasteiger partial charge in [-0.25, -0.2) is 8.42 Å². The molecule has 0 heterocycles. The maximum absolute atomic E-state index is 14.5. The van der Waals surface area contributed by atoms with Crippen LogP contribution in [-0.4, -0.2) is 44.3 Å². The van der Waals surface area contributed by atoms with E-state index in [4.69, 9.17) is 11.6 Å². The largest absolute Gasteiger partial charge is 0.354 e. The lowest BCUT2D eigenvalue weighted by molar-refractivity contribution is -0.140. The number of benzene rings is 4. The van der Waals surface area contributed by atoms with Crippen LogP contribution in [0.25, 0.3) is 0 Å². The zero-order chi connectivity index (χ0) is 32.4. The minimum atomic E-state index is -4.20. The highest BCUT2D eigenvalue weighted by atomic mass is 79.9. The van der Waals surface area contributed by atoms with Gasteiger partial charge in [-0.15, -0.1) is 0 Å². The van der Waals surface area contributed by atoms with Gasteiger partial charge in [-0.2, -0.15) is 0 Å². The number of amides is 2. The molecule has 4 rings (SSSR count). The molecule has 0 aliphatic rings. The van der Waals surface area contributed by atoms with Crippen molar-refractivity contribution in [1.29, 1.82) is 0 Å². The summed E-state index contributed by atoms with van der Waals surface area (Å²) in [4.78, 5) is 29.9. The van der Waals surface area contributed by atoms with Crippen LogP contribution in [0.4, 0.5) is 5.69 Å². The van der Waals surface area contributed by atoms with E-state index >= 15 is 0 Å². The van der Waals surface area contributed by atoms with Gasteiger partial charge in [0.2, 0.25) is 11.8 Å². The average Bonchev–Trinajstić information content (AvgIpc) is 3.02. The number of carbonyl (C=O) groups excluding carboxylic acids is 2. The van der Waals surface area contributed by atoms with Crippen LogP contribution in [0.1, 0.15) is 36.5 Å². The van der Waals surface area contributed by atoms with Crippen LogP contribution in [0.2, 0.25) is 5.02 Å². The number of sulfonamides is 1. The average molecular weight is 711 g/mol. The quantitative estimate of drug-likeness (QED) is 0.141. The van der Waals surface area contributed by atoms with Gasteiger partial charge in [-0.1, -0.05) is 102 Å². The fourth-order valence-electron chi connectivity index (χ4n) is 4.98. The fourth-order valence-corrected chi connectivity index (χ4v) is 7.03. The van der Waals surface area contributed by atoms with Gasteiger partial charge in [0, 0.05) is 29.0 Å². The molecule has 0 saturated heterocycles. The molecule has 2 amide bonds. The molecule has 0 radical (unpaired) electrons. The van der Waals surface area contributed by atoms with E-state index in [9.17, 15) is 18.0 Å². The lowest BCUT2D eigenvalue weighted by Gasteiger charge is -2.34. The molecule has 1 atom stereocenters. The normalized spacial score (nSPS) is 11.9. The molecule has 4 aromatic rings. The second-order valence-electron chi connectivity index (χ2n) is 10.8. The van der Waals surface area contributed by atoms with Gasteiger partial charge in [0.1, 0.15) is 12.6 Å². The third-order valence-electron chi connectivity index (χ3n) is 7.41. The van der Waals surface area contributed by atoms with Gasteiger partial charge in [-0.05, 0) is 72.5 Å². The third kappa shape index (κ3) is 9.19. The summed E-state index contributed by atoms with van der Waals surface area (Å²) < 4.78 is 30.3. The Balaban J connectivity index is 1.80. The minimum Gasteiger partial charge on any atom is -0.354 e. The lowest BCUT2D eigenvalue weighted by Crippen LogP contribution is -2.53. The summed E-state index contributed by atoms with van der Waals surface area (Å²) in [5.41, 5.74) is 2.72. The Kier molecular flexibility index (Phi) is 12.2. The van der Waals surface area contributed by atoms with E-state index in [1.54, 1.807) is 25.1 Å². The van der Waals surface area contributed by atoms with E-state index in [1.165, 1.54) is 29.2 Å². The van der Waals surface area contributed by atoms with E-state index in [-0.39, 0.29) is 23.8 Å². The SMILES string of the molecule is CCCCNC(=O)[C@@H](Cc1ccccc1)N(Cc1cccc(Br)c1)C(=O)CN(c1ccccc1C)S(=O)(=O)c1ccc(Cl)cc1. The standard InChI is InChI=1S/C35H37BrClN3O4S/c1-3-4-21-38-35(42)33(23-27-12-6-5-7-13-27)39(24-28-14-10-15-29(36)22-28)34(41)25-40(32-16-9-8-11-26(32)2)45(43,44)31-19-17-30(37)18-20-31/h5-20,22,33H,3-4,21,23-25H2,1-2H3,(H,38,42)/t33-/m1/s1. The number of nitrogens with zero attached hydrogens (tertiary/aromatic N) is 2. The molecule has 45 heavy (non-hydrogen) atoms. The smallest absolute Gasteiger partial charge is 0.264 e. The molecular formula is C35H37BrClN3O4S. The number of para-hydroxylation sites is 1. The van der Waals surface area contributed by atoms with E-state index in [0.717, 1.165) is 32.7 Å². The zero-order valence-corrected chi connectivity index (χ0v) is 28.5. The van der Waals surface area contributed by atoms with Crippen LogP contribution >= 0.6 is 27.5 Å². The highest BCUT2D eigenvalue weighted by Gasteiger charge is 2.35. The van der Waals surface area contributed by atoms with Crippen molar-refractivity contribution in [2.45, 2.75) is 50.6 Å². The first-order chi connectivity index (χ1) is 21.6. The summed E-state index contributed by atoms with van der Waals surface area (Å²) in [6, 6.07) is 29.0. The van der Waals surface area contributed by atoms with Crippen molar-refractivity contribution in [2.24, 2.45) is 0 Å². The van der Waals surface area contributed by atoms with E-state index in [0.29, 0.717) is 22.8 Å². The third-order valence-corrected chi connectivity index (χ3v) is 9.93. The molecule has 0 fully saturated rings. The number of halogens is 2. The van der Waals surface area contributed by atoms with E-state index in [1.807, 2.05) is 67.6 Å². The van der Waals surface area contributed by atoms with E-state index < -0.39 is 28.5 Å². The van der Waals surface area contributed by atoms with E-state index in [2.05, 4.69) is 21.2 Å². The molecule has 4 aromatic carbocycles. The molecule has 10 heteroatoms. The molecule has 7 nitrogen and oxygen atoms in total. The predicted octanol–water partition coefficient (Wildman–Crippen LogP) is 7.16. The van der Waals surface area contributed by atoms with Crippen LogP contribution < -0.4 is 9.62 Å². The van der Waals surface area contributed by atoms with Gasteiger partial charge in [0.25, 0.3) is 10.0 Å². The number of anilines is 1. The molecule has 236 valence electrons. The van der Waals surface area contributed by atoms with Crippen LogP contribution in [0, 0.1) is 6.92 Å².